The van der Waals surface area contributed by atoms with Gasteiger partial charge in [-0.2, -0.15) is 0 Å². The lowest BCUT2D eigenvalue weighted by Gasteiger charge is -2.13. The second-order valence-corrected chi connectivity index (χ2v) is 3.66. The van der Waals surface area contributed by atoms with Crippen molar-refractivity contribution < 1.29 is 13.6 Å². The largest absolute Gasteiger partial charge is 0.319 e. The molecule has 16 heavy (non-hydrogen) atoms. The van der Waals surface area contributed by atoms with E-state index >= 15 is 0 Å². The summed E-state index contributed by atoms with van der Waals surface area (Å²) in [6, 6.07) is 3.25. The molecule has 1 aromatic carbocycles. The van der Waals surface area contributed by atoms with Gasteiger partial charge in [0.25, 0.3) is 0 Å². The zero-order valence-electron chi connectivity index (χ0n) is 9.39. The highest BCUT2D eigenvalue weighted by Gasteiger charge is 2.18. The van der Waals surface area contributed by atoms with Crippen LogP contribution >= 0.6 is 0 Å². The normalized spacial score (nSPS) is 12.5. The first kappa shape index (κ1) is 12.8. The Labute approximate surface area is 93.7 Å². The van der Waals surface area contributed by atoms with Gasteiger partial charge in [-0.25, -0.2) is 8.78 Å². The number of hydrogen-bond acceptors (Lipinski definition) is 2. The highest BCUT2D eigenvalue weighted by atomic mass is 19.2. The molecule has 0 saturated carbocycles. The Morgan fingerprint density at radius 1 is 1.38 bits per heavy atom. The molecule has 0 spiro atoms. The molecule has 0 aliphatic heterocycles. The molecule has 0 saturated heterocycles. The van der Waals surface area contributed by atoms with Gasteiger partial charge in [-0.15, -0.1) is 0 Å². The first-order chi connectivity index (χ1) is 7.60. The Morgan fingerprint density at radius 3 is 2.56 bits per heavy atom. The van der Waals surface area contributed by atoms with Gasteiger partial charge >= 0.3 is 0 Å². The second-order valence-electron chi connectivity index (χ2n) is 3.66. The molecule has 1 rings (SSSR count). The minimum Gasteiger partial charge on any atom is -0.319 e. The SMILES string of the molecule is CCC(CNC)C(=O)c1ccc(F)c(F)c1. The van der Waals surface area contributed by atoms with Crippen LogP contribution in [0.25, 0.3) is 0 Å². The zero-order chi connectivity index (χ0) is 12.1. The van der Waals surface area contributed by atoms with Gasteiger partial charge in [0.05, 0.1) is 0 Å². The van der Waals surface area contributed by atoms with Crippen molar-refractivity contribution in [2.24, 2.45) is 5.92 Å². The van der Waals surface area contributed by atoms with E-state index in [0.717, 1.165) is 12.1 Å². The van der Waals surface area contributed by atoms with Crippen LogP contribution in [0, 0.1) is 17.6 Å². The van der Waals surface area contributed by atoms with Crippen LogP contribution in [0.1, 0.15) is 23.7 Å². The van der Waals surface area contributed by atoms with Crippen LogP contribution in [0.3, 0.4) is 0 Å². The molecule has 0 aromatic heterocycles. The topological polar surface area (TPSA) is 29.1 Å². The zero-order valence-corrected chi connectivity index (χ0v) is 9.39. The molecule has 2 nitrogen and oxygen atoms in total. The van der Waals surface area contributed by atoms with Crippen LogP contribution < -0.4 is 5.32 Å². The summed E-state index contributed by atoms with van der Waals surface area (Å²) in [6.45, 7) is 2.42. The van der Waals surface area contributed by atoms with Crippen LogP contribution in [0.5, 0.6) is 0 Å². The van der Waals surface area contributed by atoms with E-state index in [1.165, 1.54) is 6.07 Å². The van der Waals surface area contributed by atoms with Gasteiger partial charge in [0.1, 0.15) is 0 Å². The summed E-state index contributed by atoms with van der Waals surface area (Å²) in [5.41, 5.74) is 0.223. The molecule has 0 amide bonds. The van der Waals surface area contributed by atoms with Gasteiger partial charge < -0.3 is 5.32 Å². The van der Waals surface area contributed by atoms with Crippen molar-refractivity contribution in [3.05, 3.63) is 35.4 Å². The molecule has 1 N–H and O–H groups in total. The maximum Gasteiger partial charge on any atom is 0.167 e. The van der Waals surface area contributed by atoms with Gasteiger partial charge in [-0.05, 0) is 31.7 Å². The number of Topliss-reactive ketones (excluding diaryl/α,β-unsaturated/α-hetero) is 1. The van der Waals surface area contributed by atoms with Gasteiger partial charge in [-0.3, -0.25) is 4.79 Å². The molecular weight excluding hydrogens is 212 g/mol. The van der Waals surface area contributed by atoms with Gasteiger partial charge in [0, 0.05) is 18.0 Å². The third kappa shape index (κ3) is 2.85. The van der Waals surface area contributed by atoms with Gasteiger partial charge in [0.15, 0.2) is 17.4 Å². The molecule has 1 aromatic rings. The van der Waals surface area contributed by atoms with Gasteiger partial charge in [-0.1, -0.05) is 6.92 Å². The summed E-state index contributed by atoms with van der Waals surface area (Å²) >= 11 is 0. The predicted molar refractivity (Wildman–Crippen MR) is 58.4 cm³/mol. The quantitative estimate of drug-likeness (QED) is 0.782. The Balaban J connectivity index is 2.90. The number of hydrogen-bond donors (Lipinski definition) is 1. The average Bonchev–Trinajstić information content (AvgIpc) is 2.28. The molecule has 1 unspecified atom stereocenters. The first-order valence-corrected chi connectivity index (χ1v) is 5.24. The number of ketones is 1. The summed E-state index contributed by atoms with van der Waals surface area (Å²) in [7, 11) is 1.75. The lowest BCUT2D eigenvalue weighted by atomic mass is 9.95. The van der Waals surface area contributed by atoms with Crippen molar-refractivity contribution >= 4 is 5.78 Å². The maximum absolute atomic E-state index is 12.9. The minimum absolute atomic E-state index is 0.157. The molecule has 0 aliphatic rings. The third-order valence-electron chi connectivity index (χ3n) is 2.52. The number of rotatable bonds is 5. The van der Waals surface area contributed by atoms with E-state index in [1.54, 1.807) is 7.05 Å². The summed E-state index contributed by atoms with van der Waals surface area (Å²) in [6.07, 6.45) is 0.665. The van der Waals surface area contributed by atoms with E-state index in [2.05, 4.69) is 5.32 Å². The number of nitrogens with one attached hydrogen (secondary N) is 1. The highest BCUT2D eigenvalue weighted by Crippen LogP contribution is 2.15. The Morgan fingerprint density at radius 2 is 2.06 bits per heavy atom. The molecule has 0 bridgehead atoms. The summed E-state index contributed by atoms with van der Waals surface area (Å²) in [5.74, 6) is -2.27. The number of benzene rings is 1. The van der Waals surface area contributed by atoms with Crippen LogP contribution in [0.4, 0.5) is 8.78 Å². The molecule has 88 valence electrons. The monoisotopic (exact) mass is 227 g/mol. The van der Waals surface area contributed by atoms with E-state index in [4.69, 9.17) is 0 Å². The standard InChI is InChI=1S/C12H15F2NO/c1-3-8(7-15-2)12(16)9-4-5-10(13)11(14)6-9/h4-6,8,15H,3,7H2,1-2H3. The molecular formula is C12H15F2NO. The Hall–Kier alpha value is -1.29. The van der Waals surface area contributed by atoms with E-state index in [-0.39, 0.29) is 17.3 Å². The fourth-order valence-electron chi connectivity index (χ4n) is 1.55. The van der Waals surface area contributed by atoms with E-state index in [1.807, 2.05) is 6.92 Å². The van der Waals surface area contributed by atoms with Crippen molar-refractivity contribution in [3.63, 3.8) is 0 Å². The lowest BCUT2D eigenvalue weighted by Crippen LogP contribution is -2.25. The number of carbonyl (C=O) groups excluding carboxylic acids is 1. The Bertz CT molecular complexity index is 379. The summed E-state index contributed by atoms with van der Waals surface area (Å²) < 4.78 is 25.6. The highest BCUT2D eigenvalue weighted by molar-refractivity contribution is 5.97. The fraction of sp³-hybridized carbons (Fsp3) is 0.417. The van der Waals surface area contributed by atoms with Crippen molar-refractivity contribution in [2.45, 2.75) is 13.3 Å². The number of carbonyl (C=O) groups is 1. The van der Waals surface area contributed by atoms with E-state index in [9.17, 15) is 13.6 Å². The summed E-state index contributed by atoms with van der Waals surface area (Å²) in [4.78, 5) is 11.9. The average molecular weight is 227 g/mol. The van der Waals surface area contributed by atoms with Crippen LogP contribution in [0.15, 0.2) is 18.2 Å². The molecule has 0 heterocycles. The molecule has 1 atom stereocenters. The predicted octanol–water partition coefficient (Wildman–Crippen LogP) is 2.39. The second kappa shape index (κ2) is 5.70. The minimum atomic E-state index is -0.981. The smallest absolute Gasteiger partial charge is 0.167 e. The van der Waals surface area contributed by atoms with Crippen molar-refractivity contribution in [1.82, 2.24) is 5.32 Å². The van der Waals surface area contributed by atoms with E-state index in [0.29, 0.717) is 13.0 Å². The van der Waals surface area contributed by atoms with Crippen molar-refractivity contribution in [3.8, 4) is 0 Å². The maximum atomic E-state index is 12.9. The first-order valence-electron chi connectivity index (χ1n) is 5.24. The third-order valence-corrected chi connectivity index (χ3v) is 2.52. The summed E-state index contributed by atoms with van der Waals surface area (Å²) in [5, 5.41) is 2.91. The number of halogens is 2. The molecule has 0 fully saturated rings. The Kier molecular flexibility index (Phi) is 4.55. The van der Waals surface area contributed by atoms with Crippen LogP contribution in [0.2, 0.25) is 0 Å². The van der Waals surface area contributed by atoms with Crippen LogP contribution in [-0.4, -0.2) is 19.4 Å². The van der Waals surface area contributed by atoms with E-state index < -0.39 is 11.6 Å². The lowest BCUT2D eigenvalue weighted by molar-refractivity contribution is 0.0916. The molecule has 4 heteroatoms. The van der Waals surface area contributed by atoms with Gasteiger partial charge in [0.2, 0.25) is 0 Å². The van der Waals surface area contributed by atoms with Crippen molar-refractivity contribution in [1.29, 1.82) is 0 Å². The molecule has 0 radical (unpaired) electrons. The fourth-order valence-corrected chi connectivity index (χ4v) is 1.55. The van der Waals surface area contributed by atoms with Crippen molar-refractivity contribution in [2.75, 3.05) is 13.6 Å². The van der Waals surface area contributed by atoms with Crippen LogP contribution in [-0.2, 0) is 0 Å². The molecule has 0 aliphatic carbocycles.